The number of hydrogen-bond donors (Lipinski definition) is 0. The molecule has 1 heterocycles. The van der Waals surface area contributed by atoms with Crippen molar-refractivity contribution in [1.29, 1.82) is 0 Å². The molecule has 4 rings (SSSR count). The van der Waals surface area contributed by atoms with Gasteiger partial charge >= 0.3 is 23.9 Å². The summed E-state index contributed by atoms with van der Waals surface area (Å²) in [6, 6.07) is 19.8. The summed E-state index contributed by atoms with van der Waals surface area (Å²) in [5.41, 5.74) is 1.70. The van der Waals surface area contributed by atoms with Crippen molar-refractivity contribution < 1.29 is 47.6 Å². The number of nitrogens with zero attached hydrogens (tertiary/aromatic N) is 2. The van der Waals surface area contributed by atoms with E-state index in [1.807, 2.05) is 16.8 Å². The minimum absolute atomic E-state index is 0.182. The van der Waals surface area contributed by atoms with Gasteiger partial charge in [0.2, 0.25) is 0 Å². The second-order valence-corrected chi connectivity index (χ2v) is 13.1. The average molecular weight is 795 g/mol. The second kappa shape index (κ2) is 24.9. The summed E-state index contributed by atoms with van der Waals surface area (Å²) in [6.07, 6.45) is 12.2. The highest BCUT2D eigenvalue weighted by Crippen LogP contribution is 2.23. The maximum Gasteiger partial charge on any atom is 0.344 e. The van der Waals surface area contributed by atoms with Crippen LogP contribution in [0.2, 0.25) is 0 Å². The molecule has 0 radical (unpaired) electrons. The molecule has 0 aliphatic rings. The number of rotatable bonds is 25. The van der Waals surface area contributed by atoms with E-state index in [9.17, 15) is 19.2 Å². The topological polar surface area (TPSA) is 148 Å². The summed E-state index contributed by atoms with van der Waals surface area (Å²) < 4.78 is 32.9. The van der Waals surface area contributed by atoms with Gasteiger partial charge in [-0.1, -0.05) is 13.2 Å². The Morgan fingerprint density at radius 1 is 0.561 bits per heavy atom. The first-order valence-corrected chi connectivity index (χ1v) is 19.5. The molecule has 0 saturated heterocycles. The number of hydrogen-bond acceptors (Lipinski definition) is 13. The van der Waals surface area contributed by atoms with Crippen LogP contribution in [0.5, 0.6) is 23.0 Å². The predicted octanol–water partition coefficient (Wildman–Crippen LogP) is 8.98. The normalized spacial score (nSPS) is 10.9. The Balaban J connectivity index is 1.29. The van der Waals surface area contributed by atoms with Crippen molar-refractivity contribution in [3.8, 4) is 23.0 Å². The fourth-order valence-corrected chi connectivity index (χ4v) is 5.63. The van der Waals surface area contributed by atoms with Crippen LogP contribution in [0.3, 0.4) is 0 Å². The number of carbonyl (C=O) groups excluding carboxylic acids is 4. The van der Waals surface area contributed by atoms with Crippen LogP contribution in [-0.4, -0.2) is 62.7 Å². The number of benzene rings is 3. The standard InChI is InChI=1S/C44H46N2O10S/c1-3-41(47)53-26-11-7-5-9-24-51-36-15-13-34(14-16-36)43(49)56-39-21-22-40(35(29-39)31-46-45-30-33-23-28-57-32-33)44(50)55-38-19-17-37(18-20-38)52-25-10-6-8-12-27-54-42(48)4-2/h3-4,13-23,28-32H,1-2,5-12,24-27H2/b45-30+,46-31+. The summed E-state index contributed by atoms with van der Waals surface area (Å²) in [5, 5.41) is 12.0. The van der Waals surface area contributed by atoms with Crippen LogP contribution in [0.1, 0.15) is 83.2 Å². The number of carbonyl (C=O) groups is 4. The lowest BCUT2D eigenvalue weighted by molar-refractivity contribution is -0.138. The number of unbranched alkanes of at least 4 members (excludes halogenated alkanes) is 6. The molecule has 1 aromatic heterocycles. The van der Waals surface area contributed by atoms with Gasteiger partial charge in [-0.2, -0.15) is 21.5 Å². The second-order valence-electron chi connectivity index (χ2n) is 12.3. The molecule has 12 nitrogen and oxygen atoms in total. The molecule has 0 bridgehead atoms. The highest BCUT2D eigenvalue weighted by Gasteiger charge is 2.17. The van der Waals surface area contributed by atoms with E-state index in [0.29, 0.717) is 54.8 Å². The molecule has 57 heavy (non-hydrogen) atoms. The largest absolute Gasteiger partial charge is 0.494 e. The molecule has 0 atom stereocenters. The fraction of sp³-hybridized carbons (Fsp3) is 0.273. The Morgan fingerprint density at radius 3 is 1.63 bits per heavy atom. The molecule has 0 saturated carbocycles. The Labute approximate surface area is 336 Å². The highest BCUT2D eigenvalue weighted by atomic mass is 32.1. The van der Waals surface area contributed by atoms with Crippen molar-refractivity contribution in [2.75, 3.05) is 26.4 Å². The van der Waals surface area contributed by atoms with Crippen LogP contribution in [0.15, 0.2) is 119 Å². The van der Waals surface area contributed by atoms with Gasteiger partial charge in [0.1, 0.15) is 23.0 Å². The molecule has 0 aliphatic carbocycles. The lowest BCUT2D eigenvalue weighted by atomic mass is 10.1. The van der Waals surface area contributed by atoms with Crippen molar-refractivity contribution in [1.82, 2.24) is 0 Å². The summed E-state index contributed by atoms with van der Waals surface area (Å²) in [4.78, 5) is 48.6. The third-order valence-electron chi connectivity index (χ3n) is 8.03. The monoisotopic (exact) mass is 794 g/mol. The maximum atomic E-state index is 13.4. The zero-order chi connectivity index (χ0) is 40.5. The van der Waals surface area contributed by atoms with E-state index < -0.39 is 23.9 Å². The van der Waals surface area contributed by atoms with E-state index in [0.717, 1.165) is 69.1 Å². The van der Waals surface area contributed by atoms with E-state index in [4.69, 9.17) is 28.4 Å². The van der Waals surface area contributed by atoms with Crippen LogP contribution in [0.4, 0.5) is 0 Å². The van der Waals surface area contributed by atoms with Crippen molar-refractivity contribution in [3.63, 3.8) is 0 Å². The van der Waals surface area contributed by atoms with Crippen molar-refractivity contribution in [2.24, 2.45) is 10.2 Å². The Kier molecular flexibility index (Phi) is 19.0. The summed E-state index contributed by atoms with van der Waals surface area (Å²) in [6.45, 7) is 8.51. The van der Waals surface area contributed by atoms with Gasteiger partial charge in [-0.05, 0) is 135 Å². The van der Waals surface area contributed by atoms with E-state index >= 15 is 0 Å². The summed E-state index contributed by atoms with van der Waals surface area (Å²) >= 11 is 1.53. The highest BCUT2D eigenvalue weighted by molar-refractivity contribution is 7.08. The van der Waals surface area contributed by atoms with Crippen LogP contribution in [0.25, 0.3) is 0 Å². The lowest BCUT2D eigenvalue weighted by Gasteiger charge is -2.11. The zero-order valence-corrected chi connectivity index (χ0v) is 32.5. The van der Waals surface area contributed by atoms with Crippen molar-refractivity contribution >= 4 is 47.6 Å². The summed E-state index contributed by atoms with van der Waals surface area (Å²) in [7, 11) is 0. The van der Waals surface area contributed by atoms with Crippen molar-refractivity contribution in [3.05, 3.63) is 131 Å². The van der Waals surface area contributed by atoms with Crippen LogP contribution >= 0.6 is 11.3 Å². The van der Waals surface area contributed by atoms with E-state index in [2.05, 4.69) is 23.4 Å². The Bertz CT molecular complexity index is 1960. The molecule has 0 amide bonds. The molecule has 0 aliphatic heterocycles. The van der Waals surface area contributed by atoms with Gasteiger partial charge in [0.05, 0.1) is 50.0 Å². The molecule has 4 aromatic rings. The molecule has 0 spiro atoms. The van der Waals surface area contributed by atoms with Gasteiger partial charge in [0.15, 0.2) is 0 Å². The van der Waals surface area contributed by atoms with E-state index in [1.165, 1.54) is 35.8 Å². The Hall–Kier alpha value is -6.34. The van der Waals surface area contributed by atoms with Gasteiger partial charge < -0.3 is 28.4 Å². The number of ether oxygens (including phenoxy) is 6. The number of esters is 4. The van der Waals surface area contributed by atoms with Crippen LogP contribution in [-0.2, 0) is 19.1 Å². The average Bonchev–Trinajstić information content (AvgIpc) is 3.76. The smallest absolute Gasteiger partial charge is 0.344 e. The predicted molar refractivity (Wildman–Crippen MR) is 219 cm³/mol. The molecular formula is C44H46N2O10S. The fourth-order valence-electron chi connectivity index (χ4n) is 5.02. The third-order valence-corrected chi connectivity index (χ3v) is 8.73. The maximum absolute atomic E-state index is 13.4. The first-order chi connectivity index (χ1) is 27.8. The van der Waals surface area contributed by atoms with Crippen LogP contribution in [0, 0.1) is 0 Å². The molecule has 298 valence electrons. The zero-order valence-electron chi connectivity index (χ0n) is 31.7. The van der Waals surface area contributed by atoms with E-state index in [1.54, 1.807) is 54.7 Å². The van der Waals surface area contributed by atoms with Gasteiger partial charge in [0, 0.05) is 23.3 Å². The minimum atomic E-state index is -0.645. The first-order valence-electron chi connectivity index (χ1n) is 18.6. The molecule has 13 heteroatoms. The minimum Gasteiger partial charge on any atom is -0.494 e. The molecular weight excluding hydrogens is 749 g/mol. The quantitative estimate of drug-likeness (QED) is 0.0159. The first kappa shape index (κ1) is 43.4. The molecule has 0 fully saturated rings. The Morgan fingerprint density at radius 2 is 1.07 bits per heavy atom. The van der Waals surface area contributed by atoms with Gasteiger partial charge in [-0.25, -0.2) is 19.2 Å². The SMILES string of the molecule is C=CC(=O)OCCCCCCOc1ccc(OC(=O)c2ccc(OC(=O)c3ccc(OCCCCCCOC(=O)C=C)cc3)cc2/C=N/N=C/c2ccsc2)cc1. The molecule has 3 aromatic carbocycles. The third kappa shape index (κ3) is 16.5. The van der Waals surface area contributed by atoms with Gasteiger partial charge in [-0.3, -0.25) is 0 Å². The summed E-state index contributed by atoms with van der Waals surface area (Å²) in [5.74, 6) is -0.318. The van der Waals surface area contributed by atoms with Crippen LogP contribution < -0.4 is 18.9 Å². The van der Waals surface area contributed by atoms with Gasteiger partial charge in [-0.15, -0.1) is 0 Å². The lowest BCUT2D eigenvalue weighted by Crippen LogP contribution is -2.13. The molecule has 0 unspecified atom stereocenters. The number of thiophene rings is 1. The molecule has 0 N–H and O–H groups in total. The van der Waals surface area contributed by atoms with Gasteiger partial charge in [0.25, 0.3) is 0 Å². The van der Waals surface area contributed by atoms with E-state index in [-0.39, 0.29) is 11.3 Å². The van der Waals surface area contributed by atoms with Crippen molar-refractivity contribution in [2.45, 2.75) is 51.4 Å².